The molecule has 3 rings (SSSR count). The first-order valence-corrected chi connectivity index (χ1v) is 6.72. The highest BCUT2D eigenvalue weighted by Gasteiger charge is 2.23. The molecule has 0 fully saturated rings. The molecular weight excluding hydrogens is 276 g/mol. The Morgan fingerprint density at radius 1 is 1.30 bits per heavy atom. The summed E-state index contributed by atoms with van der Waals surface area (Å²) < 4.78 is 7.26. The van der Waals surface area contributed by atoms with E-state index in [9.17, 15) is 5.11 Å². The van der Waals surface area contributed by atoms with Crippen LogP contribution < -0.4 is 0 Å². The molecule has 0 saturated carbocycles. The van der Waals surface area contributed by atoms with Crippen LogP contribution in [0.5, 0.6) is 0 Å². The maximum absolute atomic E-state index is 10.5. The Kier molecular flexibility index (Phi) is 3.07. The predicted molar refractivity (Wildman–Crippen MR) is 78.0 cm³/mol. The molecule has 0 aliphatic carbocycles. The fourth-order valence-electron chi connectivity index (χ4n) is 2.42. The maximum atomic E-state index is 10.5. The Hall–Kier alpha value is -1.78. The van der Waals surface area contributed by atoms with E-state index < -0.39 is 6.10 Å². The third-order valence-electron chi connectivity index (χ3n) is 3.43. The highest BCUT2D eigenvalue weighted by atomic mass is 35.5. The highest BCUT2D eigenvalue weighted by molar-refractivity contribution is 6.30. The summed E-state index contributed by atoms with van der Waals surface area (Å²) in [4.78, 5) is 0. The summed E-state index contributed by atoms with van der Waals surface area (Å²) in [7, 11) is 1.74. The van der Waals surface area contributed by atoms with Gasteiger partial charge in [-0.25, -0.2) is 0 Å². The van der Waals surface area contributed by atoms with E-state index in [4.69, 9.17) is 16.0 Å². The van der Waals surface area contributed by atoms with Crippen LogP contribution in [0.3, 0.4) is 0 Å². The SMILES string of the molecule is Cc1ccc2oc(C(O)c3c(C)nn(C)c3Cl)cc2c1. The largest absolute Gasteiger partial charge is 0.458 e. The quantitative estimate of drug-likeness (QED) is 0.785. The molecule has 0 bridgehead atoms. The molecule has 1 aromatic carbocycles. The van der Waals surface area contributed by atoms with Crippen molar-refractivity contribution < 1.29 is 9.52 Å². The minimum atomic E-state index is -0.913. The van der Waals surface area contributed by atoms with E-state index in [1.165, 1.54) is 0 Å². The van der Waals surface area contributed by atoms with Gasteiger partial charge in [0.25, 0.3) is 0 Å². The molecule has 0 saturated heterocycles. The van der Waals surface area contributed by atoms with Crippen molar-refractivity contribution in [1.29, 1.82) is 0 Å². The van der Waals surface area contributed by atoms with Gasteiger partial charge in [0.2, 0.25) is 0 Å². The van der Waals surface area contributed by atoms with E-state index in [0.29, 0.717) is 22.2 Å². The van der Waals surface area contributed by atoms with E-state index >= 15 is 0 Å². The third-order valence-corrected chi connectivity index (χ3v) is 3.88. The Bertz CT molecular complexity index is 789. The van der Waals surface area contributed by atoms with E-state index in [-0.39, 0.29) is 0 Å². The van der Waals surface area contributed by atoms with Gasteiger partial charge in [-0.3, -0.25) is 4.68 Å². The van der Waals surface area contributed by atoms with Gasteiger partial charge in [0.15, 0.2) is 0 Å². The van der Waals surface area contributed by atoms with Gasteiger partial charge in [0, 0.05) is 18.0 Å². The summed E-state index contributed by atoms with van der Waals surface area (Å²) in [5.74, 6) is 0.476. The molecular formula is C15H15ClN2O2. The van der Waals surface area contributed by atoms with Gasteiger partial charge >= 0.3 is 0 Å². The molecule has 1 unspecified atom stereocenters. The fourth-order valence-corrected chi connectivity index (χ4v) is 2.70. The lowest BCUT2D eigenvalue weighted by atomic mass is 10.1. The van der Waals surface area contributed by atoms with Gasteiger partial charge in [0.1, 0.15) is 22.6 Å². The number of aromatic nitrogens is 2. The summed E-state index contributed by atoms with van der Waals surface area (Å²) >= 11 is 6.18. The average Bonchev–Trinajstić information content (AvgIpc) is 2.91. The second kappa shape index (κ2) is 4.65. The van der Waals surface area contributed by atoms with Gasteiger partial charge in [0.05, 0.1) is 5.69 Å². The number of aliphatic hydroxyl groups is 1. The highest BCUT2D eigenvalue weighted by Crippen LogP contribution is 2.33. The number of hydrogen-bond donors (Lipinski definition) is 1. The molecule has 5 heteroatoms. The topological polar surface area (TPSA) is 51.2 Å². The number of aliphatic hydroxyl groups excluding tert-OH is 1. The van der Waals surface area contributed by atoms with Crippen molar-refractivity contribution >= 4 is 22.6 Å². The van der Waals surface area contributed by atoms with Crippen LogP contribution in [0.15, 0.2) is 28.7 Å². The van der Waals surface area contributed by atoms with E-state index in [1.54, 1.807) is 11.7 Å². The smallest absolute Gasteiger partial charge is 0.141 e. The zero-order valence-electron chi connectivity index (χ0n) is 11.5. The minimum Gasteiger partial charge on any atom is -0.458 e. The third kappa shape index (κ3) is 2.01. The van der Waals surface area contributed by atoms with Crippen LogP contribution in [-0.2, 0) is 7.05 Å². The lowest BCUT2D eigenvalue weighted by Crippen LogP contribution is -1.99. The van der Waals surface area contributed by atoms with Crippen LogP contribution in [-0.4, -0.2) is 14.9 Å². The number of halogens is 1. The molecule has 1 N–H and O–H groups in total. The van der Waals surface area contributed by atoms with Gasteiger partial charge in [-0.2, -0.15) is 5.10 Å². The summed E-state index contributed by atoms with van der Waals surface area (Å²) in [5, 5.41) is 16.1. The van der Waals surface area contributed by atoms with Crippen molar-refractivity contribution in [2.45, 2.75) is 20.0 Å². The van der Waals surface area contributed by atoms with Crippen LogP contribution in [0.4, 0.5) is 0 Å². The van der Waals surface area contributed by atoms with Gasteiger partial charge in [-0.1, -0.05) is 23.2 Å². The molecule has 4 nitrogen and oxygen atoms in total. The molecule has 0 radical (unpaired) electrons. The second-order valence-electron chi connectivity index (χ2n) is 5.01. The fraction of sp³-hybridized carbons (Fsp3) is 0.267. The normalized spacial score (nSPS) is 13.1. The number of nitrogens with zero attached hydrogens (tertiary/aromatic N) is 2. The Labute approximate surface area is 121 Å². The standard InChI is InChI=1S/C15H15ClN2O2/c1-8-4-5-11-10(6-8)7-12(20-11)14(19)13-9(2)17-18(3)15(13)16/h4-7,14,19H,1-3H3. The lowest BCUT2D eigenvalue weighted by molar-refractivity contribution is 0.191. The van der Waals surface area contributed by atoms with Gasteiger partial charge in [-0.05, 0) is 32.0 Å². The molecule has 0 spiro atoms. The number of aryl methyl sites for hydroxylation is 3. The summed E-state index contributed by atoms with van der Waals surface area (Å²) in [6.07, 6.45) is -0.913. The summed E-state index contributed by atoms with van der Waals surface area (Å²) in [6.45, 7) is 3.84. The molecule has 2 aromatic heterocycles. The van der Waals surface area contributed by atoms with E-state index in [1.807, 2.05) is 38.1 Å². The van der Waals surface area contributed by atoms with Gasteiger partial charge in [-0.15, -0.1) is 0 Å². The Morgan fingerprint density at radius 2 is 2.05 bits per heavy atom. The van der Waals surface area contributed by atoms with Gasteiger partial charge < -0.3 is 9.52 Å². The van der Waals surface area contributed by atoms with Crippen LogP contribution in [0.25, 0.3) is 11.0 Å². The number of rotatable bonds is 2. The second-order valence-corrected chi connectivity index (χ2v) is 5.36. The first-order chi connectivity index (χ1) is 9.47. The van der Waals surface area contributed by atoms with Crippen molar-refractivity contribution in [2.75, 3.05) is 0 Å². The van der Waals surface area contributed by atoms with Crippen molar-refractivity contribution in [3.63, 3.8) is 0 Å². The molecule has 0 aliphatic rings. The Morgan fingerprint density at radius 3 is 2.70 bits per heavy atom. The first-order valence-electron chi connectivity index (χ1n) is 6.34. The molecule has 20 heavy (non-hydrogen) atoms. The number of furan rings is 1. The van der Waals surface area contributed by atoms with Crippen LogP contribution in [0, 0.1) is 13.8 Å². The van der Waals surface area contributed by atoms with Crippen LogP contribution >= 0.6 is 11.6 Å². The molecule has 3 aromatic rings. The summed E-state index contributed by atoms with van der Waals surface area (Å²) in [6, 6.07) is 7.74. The minimum absolute atomic E-state index is 0.423. The first kappa shape index (κ1) is 13.2. The van der Waals surface area contributed by atoms with Crippen molar-refractivity contribution in [3.05, 3.63) is 52.0 Å². The lowest BCUT2D eigenvalue weighted by Gasteiger charge is -2.07. The van der Waals surface area contributed by atoms with E-state index in [2.05, 4.69) is 5.10 Å². The van der Waals surface area contributed by atoms with Crippen LogP contribution in [0.1, 0.15) is 28.7 Å². The molecule has 104 valence electrons. The zero-order chi connectivity index (χ0) is 14.4. The monoisotopic (exact) mass is 290 g/mol. The molecule has 1 atom stereocenters. The van der Waals surface area contributed by atoms with Crippen molar-refractivity contribution in [2.24, 2.45) is 7.05 Å². The van der Waals surface area contributed by atoms with Crippen molar-refractivity contribution in [1.82, 2.24) is 9.78 Å². The van der Waals surface area contributed by atoms with Crippen LogP contribution in [0.2, 0.25) is 5.15 Å². The number of fused-ring (bicyclic) bond motifs is 1. The average molecular weight is 291 g/mol. The zero-order valence-corrected chi connectivity index (χ0v) is 12.3. The maximum Gasteiger partial charge on any atom is 0.141 e. The van der Waals surface area contributed by atoms with Crippen molar-refractivity contribution in [3.8, 4) is 0 Å². The predicted octanol–water partition coefficient (Wildman–Crippen LogP) is 3.52. The number of benzene rings is 1. The molecule has 2 heterocycles. The molecule has 0 amide bonds. The van der Waals surface area contributed by atoms with E-state index in [0.717, 1.165) is 16.5 Å². The molecule has 0 aliphatic heterocycles. The number of hydrogen-bond acceptors (Lipinski definition) is 3. The summed E-state index contributed by atoms with van der Waals surface area (Å²) in [5.41, 5.74) is 3.18. The Balaban J connectivity index is 2.10.